The molecular formula is C20H25N3O5S2. The fourth-order valence-electron chi connectivity index (χ4n) is 3.23. The first-order chi connectivity index (χ1) is 14.2. The van der Waals surface area contributed by atoms with Crippen LogP contribution in [0.5, 0.6) is 0 Å². The van der Waals surface area contributed by atoms with Crippen molar-refractivity contribution in [2.24, 2.45) is 0 Å². The van der Waals surface area contributed by atoms with Crippen molar-refractivity contribution in [3.05, 3.63) is 45.6 Å². The van der Waals surface area contributed by atoms with Crippen molar-refractivity contribution in [2.75, 3.05) is 45.2 Å². The minimum atomic E-state index is -3.80. The number of hydrogen-bond donors (Lipinski definition) is 1. The number of ether oxygens (including phenoxy) is 1. The summed E-state index contributed by atoms with van der Waals surface area (Å²) in [5.74, 6) is -0.856. The van der Waals surface area contributed by atoms with E-state index in [4.69, 9.17) is 4.74 Å². The van der Waals surface area contributed by atoms with Gasteiger partial charge >= 0.3 is 0 Å². The van der Waals surface area contributed by atoms with Crippen LogP contribution in [0.2, 0.25) is 0 Å². The lowest BCUT2D eigenvalue weighted by atomic mass is 10.1. The molecule has 0 unspecified atom stereocenters. The van der Waals surface area contributed by atoms with Gasteiger partial charge in [0.25, 0.3) is 5.91 Å². The van der Waals surface area contributed by atoms with E-state index in [-0.39, 0.29) is 35.3 Å². The third kappa shape index (κ3) is 4.72. The zero-order valence-electron chi connectivity index (χ0n) is 17.2. The Morgan fingerprint density at radius 3 is 2.43 bits per heavy atom. The van der Waals surface area contributed by atoms with Gasteiger partial charge < -0.3 is 15.0 Å². The van der Waals surface area contributed by atoms with E-state index >= 15 is 0 Å². The summed E-state index contributed by atoms with van der Waals surface area (Å²) in [5, 5.41) is 4.41. The normalized spacial score (nSPS) is 15.0. The van der Waals surface area contributed by atoms with Crippen molar-refractivity contribution < 1.29 is 22.7 Å². The summed E-state index contributed by atoms with van der Waals surface area (Å²) >= 11 is 1.05. The van der Waals surface area contributed by atoms with E-state index < -0.39 is 15.9 Å². The van der Waals surface area contributed by atoms with Crippen molar-refractivity contribution in [1.82, 2.24) is 9.21 Å². The van der Waals surface area contributed by atoms with Crippen LogP contribution in [0.3, 0.4) is 0 Å². The molecule has 0 bridgehead atoms. The molecule has 0 spiro atoms. The van der Waals surface area contributed by atoms with Gasteiger partial charge in [-0.05, 0) is 36.4 Å². The number of benzene rings is 1. The maximum atomic E-state index is 13.0. The van der Waals surface area contributed by atoms with Gasteiger partial charge in [0.1, 0.15) is 9.77 Å². The number of hydrogen-bond acceptors (Lipinski definition) is 6. The second-order valence-electron chi connectivity index (χ2n) is 7.11. The Morgan fingerprint density at radius 1 is 1.17 bits per heavy atom. The average molecular weight is 452 g/mol. The van der Waals surface area contributed by atoms with E-state index in [0.717, 1.165) is 28.2 Å². The van der Waals surface area contributed by atoms with Crippen LogP contribution in [-0.4, -0.2) is 69.3 Å². The number of nitrogens with zero attached hydrogens (tertiary/aromatic N) is 2. The van der Waals surface area contributed by atoms with Gasteiger partial charge in [-0.15, -0.1) is 11.3 Å². The number of rotatable bonds is 6. The van der Waals surface area contributed by atoms with Gasteiger partial charge in [-0.3, -0.25) is 9.59 Å². The highest BCUT2D eigenvalue weighted by atomic mass is 32.2. The molecule has 1 saturated heterocycles. The largest absolute Gasteiger partial charge is 0.379 e. The minimum absolute atomic E-state index is 0.0265. The highest BCUT2D eigenvalue weighted by molar-refractivity contribution is 7.89. The second-order valence-corrected chi connectivity index (χ2v) is 9.93. The number of para-hydroxylation sites is 1. The Bertz CT molecular complexity index is 1020. The average Bonchev–Trinajstić information content (AvgIpc) is 3.21. The molecule has 1 aliphatic heterocycles. The molecule has 0 atom stereocenters. The van der Waals surface area contributed by atoms with E-state index in [1.807, 2.05) is 32.0 Å². The van der Waals surface area contributed by atoms with Crippen molar-refractivity contribution in [3.8, 4) is 0 Å². The maximum Gasteiger partial charge on any atom is 0.265 e. The molecule has 8 nitrogen and oxygen atoms in total. The van der Waals surface area contributed by atoms with Crippen molar-refractivity contribution in [2.45, 2.75) is 18.7 Å². The third-order valence-corrected chi connectivity index (χ3v) is 7.86. The molecule has 10 heteroatoms. The standard InChI is InChI=1S/C20H25N3O5S2/c1-14-5-4-6-15(2)18(14)21-17(24)13-22(3)20(25)19-16(7-12-29-19)30(26,27)23-8-10-28-11-9-23/h4-7,12H,8-11,13H2,1-3H3,(H,21,24). The first-order valence-electron chi connectivity index (χ1n) is 9.48. The molecule has 2 amide bonds. The quantitative estimate of drug-likeness (QED) is 0.726. The van der Waals surface area contributed by atoms with Crippen LogP contribution >= 0.6 is 11.3 Å². The third-order valence-electron chi connectivity index (χ3n) is 4.88. The van der Waals surface area contributed by atoms with Crippen molar-refractivity contribution in [1.29, 1.82) is 0 Å². The molecular weight excluding hydrogens is 426 g/mol. The predicted molar refractivity (Wildman–Crippen MR) is 115 cm³/mol. The van der Waals surface area contributed by atoms with Crippen LogP contribution < -0.4 is 5.32 Å². The number of sulfonamides is 1. The molecule has 2 heterocycles. The molecule has 1 aromatic carbocycles. The molecule has 1 aliphatic rings. The van der Waals surface area contributed by atoms with E-state index in [2.05, 4.69) is 5.32 Å². The van der Waals surface area contributed by atoms with Crippen molar-refractivity contribution >= 4 is 38.9 Å². The summed E-state index contributed by atoms with van der Waals surface area (Å²) in [4.78, 5) is 26.7. The zero-order valence-corrected chi connectivity index (χ0v) is 18.8. The summed E-state index contributed by atoms with van der Waals surface area (Å²) in [6.07, 6.45) is 0. The second kappa shape index (κ2) is 9.25. The smallest absolute Gasteiger partial charge is 0.265 e. The van der Waals surface area contributed by atoms with Crippen LogP contribution in [0.25, 0.3) is 0 Å². The van der Waals surface area contributed by atoms with Crippen LogP contribution in [0.1, 0.15) is 20.8 Å². The van der Waals surface area contributed by atoms with Crippen molar-refractivity contribution in [3.63, 3.8) is 0 Å². The number of carbonyl (C=O) groups excluding carboxylic acids is 2. The predicted octanol–water partition coefficient (Wildman–Crippen LogP) is 2.10. The van der Waals surface area contributed by atoms with E-state index in [0.29, 0.717) is 13.2 Å². The zero-order chi connectivity index (χ0) is 21.9. The number of nitrogens with one attached hydrogen (secondary N) is 1. The van der Waals surface area contributed by atoms with Gasteiger partial charge in [-0.1, -0.05) is 18.2 Å². The van der Waals surface area contributed by atoms with Gasteiger partial charge in [0.2, 0.25) is 15.9 Å². The monoisotopic (exact) mass is 451 g/mol. The fourth-order valence-corrected chi connectivity index (χ4v) is 6.03. The number of aryl methyl sites for hydroxylation is 2. The maximum absolute atomic E-state index is 13.0. The molecule has 30 heavy (non-hydrogen) atoms. The van der Waals surface area contributed by atoms with Crippen LogP contribution in [0.4, 0.5) is 5.69 Å². The number of amides is 2. The lowest BCUT2D eigenvalue weighted by Gasteiger charge is -2.26. The van der Waals surface area contributed by atoms with E-state index in [1.165, 1.54) is 22.3 Å². The Morgan fingerprint density at radius 2 is 1.80 bits per heavy atom. The molecule has 162 valence electrons. The molecule has 0 saturated carbocycles. The summed E-state index contributed by atoms with van der Waals surface area (Å²) in [6.45, 7) is 4.75. The van der Waals surface area contributed by atoms with E-state index in [1.54, 1.807) is 5.38 Å². The Hall–Kier alpha value is -2.27. The van der Waals surface area contributed by atoms with E-state index in [9.17, 15) is 18.0 Å². The number of likely N-dealkylation sites (N-methyl/N-ethyl adjacent to an activating group) is 1. The molecule has 1 fully saturated rings. The lowest BCUT2D eigenvalue weighted by Crippen LogP contribution is -2.41. The SMILES string of the molecule is Cc1cccc(C)c1NC(=O)CN(C)C(=O)c1sccc1S(=O)(=O)N1CCOCC1. The molecule has 0 radical (unpaired) electrons. The van der Waals surface area contributed by atoms with Gasteiger partial charge in [-0.2, -0.15) is 4.31 Å². The highest BCUT2D eigenvalue weighted by Gasteiger charge is 2.32. The van der Waals surface area contributed by atoms with Gasteiger partial charge in [-0.25, -0.2) is 8.42 Å². The number of anilines is 1. The first kappa shape index (κ1) is 22.4. The molecule has 3 rings (SSSR count). The Labute approximate surface area is 180 Å². The lowest BCUT2D eigenvalue weighted by molar-refractivity contribution is -0.116. The topological polar surface area (TPSA) is 96.0 Å². The highest BCUT2D eigenvalue weighted by Crippen LogP contribution is 2.27. The first-order valence-corrected chi connectivity index (χ1v) is 11.8. The van der Waals surface area contributed by atoms with Gasteiger partial charge in [0.05, 0.1) is 19.8 Å². The molecule has 1 N–H and O–H groups in total. The summed E-state index contributed by atoms with van der Waals surface area (Å²) < 4.78 is 32.5. The minimum Gasteiger partial charge on any atom is -0.379 e. The number of morpholine rings is 1. The summed E-state index contributed by atoms with van der Waals surface area (Å²) in [7, 11) is -2.32. The Kier molecular flexibility index (Phi) is 6.91. The van der Waals surface area contributed by atoms with Crippen LogP contribution in [0, 0.1) is 13.8 Å². The summed E-state index contributed by atoms with van der Waals surface area (Å²) in [6, 6.07) is 7.13. The number of carbonyl (C=O) groups is 2. The summed E-state index contributed by atoms with van der Waals surface area (Å²) in [5.41, 5.74) is 2.57. The Balaban J connectivity index is 1.73. The van der Waals surface area contributed by atoms with Crippen LogP contribution in [0.15, 0.2) is 34.5 Å². The van der Waals surface area contributed by atoms with Crippen LogP contribution in [-0.2, 0) is 19.6 Å². The molecule has 2 aromatic rings. The van der Waals surface area contributed by atoms with Gasteiger partial charge in [0.15, 0.2) is 0 Å². The molecule has 1 aromatic heterocycles. The number of thiophene rings is 1. The molecule has 0 aliphatic carbocycles. The van der Waals surface area contributed by atoms with Gasteiger partial charge in [0, 0.05) is 25.8 Å². The fraction of sp³-hybridized carbons (Fsp3) is 0.400.